The van der Waals surface area contributed by atoms with Crippen LogP contribution < -0.4 is 10.5 Å². The predicted molar refractivity (Wildman–Crippen MR) is 92.2 cm³/mol. The van der Waals surface area contributed by atoms with Gasteiger partial charge in [-0.1, -0.05) is 13.8 Å². The Labute approximate surface area is 156 Å². The number of alkyl halides is 6. The molecule has 3 nitrogen and oxygen atoms in total. The second-order valence-corrected chi connectivity index (χ2v) is 6.52. The summed E-state index contributed by atoms with van der Waals surface area (Å²) in [4.78, 5) is 3.00. The molecule has 28 heavy (non-hydrogen) atoms. The summed E-state index contributed by atoms with van der Waals surface area (Å²) < 4.78 is 85.3. The van der Waals surface area contributed by atoms with Gasteiger partial charge < -0.3 is 15.5 Å². The number of nitrogens with two attached hydrogens (primary N) is 1. The first-order chi connectivity index (χ1) is 12.9. The van der Waals surface area contributed by atoms with Gasteiger partial charge in [0, 0.05) is 23.2 Å². The fraction of sp³-hybridized carbons (Fsp3) is 0.263. The number of ether oxygens (including phenoxy) is 1. The molecular weight excluding hydrogens is 386 g/mol. The number of rotatable bonds is 3. The van der Waals surface area contributed by atoms with Gasteiger partial charge in [-0.2, -0.15) is 26.3 Å². The van der Waals surface area contributed by atoms with Gasteiger partial charge in [-0.15, -0.1) is 0 Å². The number of aromatic nitrogens is 1. The zero-order valence-electron chi connectivity index (χ0n) is 14.7. The number of fused-ring (bicyclic) bond motifs is 1. The van der Waals surface area contributed by atoms with E-state index in [2.05, 4.69) is 4.98 Å². The van der Waals surface area contributed by atoms with Crippen molar-refractivity contribution in [2.24, 2.45) is 0 Å². The highest BCUT2D eigenvalue weighted by atomic mass is 19.4. The summed E-state index contributed by atoms with van der Waals surface area (Å²) in [6, 6.07) is 6.37. The Morgan fingerprint density at radius 1 is 1.07 bits per heavy atom. The SMILES string of the molecule is CC(C)c1c[nH]c2ccc(Oc3c(C(F)(F)F)c[c]c(N)c3C(F)(F)F)cc12. The molecule has 3 aromatic rings. The van der Waals surface area contributed by atoms with Crippen LogP contribution in [0.3, 0.4) is 0 Å². The molecule has 0 amide bonds. The number of anilines is 1. The van der Waals surface area contributed by atoms with Crippen LogP contribution >= 0.6 is 0 Å². The van der Waals surface area contributed by atoms with Crippen molar-refractivity contribution in [3.05, 3.63) is 53.2 Å². The van der Waals surface area contributed by atoms with Gasteiger partial charge in [-0.3, -0.25) is 0 Å². The van der Waals surface area contributed by atoms with Crippen LogP contribution in [0.4, 0.5) is 32.0 Å². The number of H-pyrrole nitrogens is 1. The topological polar surface area (TPSA) is 51.0 Å². The second-order valence-electron chi connectivity index (χ2n) is 6.52. The number of halogens is 6. The lowest BCUT2D eigenvalue weighted by Crippen LogP contribution is -2.16. The van der Waals surface area contributed by atoms with E-state index >= 15 is 0 Å². The van der Waals surface area contributed by atoms with Gasteiger partial charge in [0.25, 0.3) is 0 Å². The minimum absolute atomic E-state index is 0.0856. The van der Waals surface area contributed by atoms with E-state index in [1.165, 1.54) is 18.2 Å². The van der Waals surface area contributed by atoms with Crippen molar-refractivity contribution in [2.75, 3.05) is 5.73 Å². The molecule has 3 rings (SSSR count). The Bertz CT molecular complexity index is 1020. The first-order valence-corrected chi connectivity index (χ1v) is 8.17. The smallest absolute Gasteiger partial charge is 0.422 e. The first-order valence-electron chi connectivity index (χ1n) is 8.17. The number of hydrogen-bond donors (Lipinski definition) is 2. The average molecular weight is 401 g/mol. The summed E-state index contributed by atoms with van der Waals surface area (Å²) in [5, 5.41) is 0.644. The van der Waals surface area contributed by atoms with E-state index < -0.39 is 34.9 Å². The predicted octanol–water partition coefficient (Wildman–Crippen LogP) is 6.50. The lowest BCUT2D eigenvalue weighted by Gasteiger charge is -2.20. The summed E-state index contributed by atoms with van der Waals surface area (Å²) in [6.07, 6.45) is -8.50. The molecule has 0 spiro atoms. The van der Waals surface area contributed by atoms with Crippen molar-refractivity contribution in [1.29, 1.82) is 0 Å². The summed E-state index contributed by atoms with van der Waals surface area (Å²) >= 11 is 0. The van der Waals surface area contributed by atoms with E-state index in [4.69, 9.17) is 10.5 Å². The van der Waals surface area contributed by atoms with E-state index in [9.17, 15) is 26.3 Å². The largest absolute Gasteiger partial charge is 0.456 e. The molecule has 149 valence electrons. The van der Waals surface area contributed by atoms with Gasteiger partial charge in [0.2, 0.25) is 0 Å². The maximum absolute atomic E-state index is 13.4. The third-order valence-corrected chi connectivity index (χ3v) is 4.23. The Kier molecular flexibility index (Phi) is 4.73. The van der Waals surface area contributed by atoms with E-state index in [1.54, 1.807) is 6.20 Å². The van der Waals surface area contributed by atoms with E-state index in [0.717, 1.165) is 5.56 Å². The van der Waals surface area contributed by atoms with Crippen LogP contribution in [0.15, 0.2) is 30.5 Å². The molecule has 0 fully saturated rings. The van der Waals surface area contributed by atoms with Crippen molar-refractivity contribution < 1.29 is 31.1 Å². The molecule has 3 N–H and O–H groups in total. The maximum atomic E-state index is 13.4. The molecule has 0 aliphatic heterocycles. The minimum atomic E-state index is -5.15. The molecule has 1 heterocycles. The Morgan fingerprint density at radius 2 is 1.75 bits per heavy atom. The second kappa shape index (κ2) is 6.65. The van der Waals surface area contributed by atoms with Crippen molar-refractivity contribution in [2.45, 2.75) is 32.1 Å². The fourth-order valence-corrected chi connectivity index (χ4v) is 2.92. The molecule has 1 radical (unpaired) electrons. The zero-order chi connectivity index (χ0) is 20.9. The first kappa shape index (κ1) is 19.9. The molecule has 0 saturated heterocycles. The minimum Gasteiger partial charge on any atom is -0.456 e. The van der Waals surface area contributed by atoms with Crippen LogP contribution in [0.5, 0.6) is 11.5 Å². The van der Waals surface area contributed by atoms with E-state index in [1.807, 2.05) is 19.9 Å². The lowest BCUT2D eigenvalue weighted by atomic mass is 10.0. The highest BCUT2D eigenvalue weighted by Crippen LogP contribution is 2.48. The monoisotopic (exact) mass is 401 g/mol. The van der Waals surface area contributed by atoms with Crippen LogP contribution in [-0.2, 0) is 12.4 Å². The lowest BCUT2D eigenvalue weighted by molar-refractivity contribution is -0.144. The fourth-order valence-electron chi connectivity index (χ4n) is 2.92. The average Bonchev–Trinajstić information content (AvgIpc) is 2.95. The van der Waals surface area contributed by atoms with Gasteiger partial charge in [0.05, 0.1) is 11.3 Å². The normalized spacial score (nSPS) is 12.8. The molecule has 0 bridgehead atoms. The molecule has 0 unspecified atom stereocenters. The Morgan fingerprint density at radius 3 is 2.32 bits per heavy atom. The van der Waals surface area contributed by atoms with Crippen molar-refractivity contribution in [3.63, 3.8) is 0 Å². The number of benzene rings is 2. The van der Waals surface area contributed by atoms with E-state index in [0.29, 0.717) is 17.0 Å². The number of hydrogen-bond acceptors (Lipinski definition) is 2. The maximum Gasteiger partial charge on any atom is 0.422 e. The standard InChI is InChI=1S/C19H15F6N2O/c1-9(2)12-8-27-15-6-3-10(7-11(12)15)28-17-13(18(20,21)22)4-5-14(26)16(17)19(23,24)25/h3-4,6-9,27H,26H2,1-2H3. The Balaban J connectivity index is 2.20. The summed E-state index contributed by atoms with van der Waals surface area (Å²) in [7, 11) is 0. The summed E-state index contributed by atoms with van der Waals surface area (Å²) in [5.74, 6) is -1.48. The van der Waals surface area contributed by atoms with Gasteiger partial charge in [0.1, 0.15) is 11.3 Å². The van der Waals surface area contributed by atoms with Crippen molar-refractivity contribution in [3.8, 4) is 11.5 Å². The van der Waals surface area contributed by atoms with Gasteiger partial charge >= 0.3 is 12.4 Å². The van der Waals surface area contributed by atoms with Crippen molar-refractivity contribution >= 4 is 16.6 Å². The van der Waals surface area contributed by atoms with Crippen LogP contribution in [0, 0.1) is 6.07 Å². The third-order valence-electron chi connectivity index (χ3n) is 4.23. The number of nitrogen functional groups attached to an aromatic ring is 1. The van der Waals surface area contributed by atoms with Gasteiger partial charge in [0.15, 0.2) is 5.75 Å². The molecule has 1 aromatic heterocycles. The van der Waals surface area contributed by atoms with Gasteiger partial charge in [-0.25, -0.2) is 0 Å². The van der Waals surface area contributed by atoms with Crippen LogP contribution in [-0.4, -0.2) is 4.98 Å². The summed E-state index contributed by atoms with van der Waals surface area (Å²) in [6.45, 7) is 3.82. The number of aromatic amines is 1. The summed E-state index contributed by atoms with van der Waals surface area (Å²) in [5.41, 5.74) is 2.54. The number of nitrogens with one attached hydrogen (secondary N) is 1. The Hall–Kier alpha value is -2.84. The van der Waals surface area contributed by atoms with E-state index in [-0.39, 0.29) is 11.7 Å². The molecule has 2 aromatic carbocycles. The molecule has 0 aliphatic rings. The van der Waals surface area contributed by atoms with Crippen molar-refractivity contribution in [1.82, 2.24) is 4.98 Å². The highest BCUT2D eigenvalue weighted by molar-refractivity contribution is 5.85. The van der Waals surface area contributed by atoms with Crippen LogP contribution in [0.2, 0.25) is 0 Å². The molecule has 9 heteroatoms. The van der Waals surface area contributed by atoms with Gasteiger partial charge in [-0.05, 0) is 35.7 Å². The highest BCUT2D eigenvalue weighted by Gasteiger charge is 2.44. The van der Waals surface area contributed by atoms with Crippen LogP contribution in [0.1, 0.15) is 36.5 Å². The molecule has 0 atom stereocenters. The molecular formula is C19H15F6N2O. The van der Waals surface area contributed by atoms with Crippen LogP contribution in [0.25, 0.3) is 10.9 Å². The third kappa shape index (κ3) is 3.61. The molecule has 0 aliphatic carbocycles. The zero-order valence-corrected chi connectivity index (χ0v) is 14.7. The quantitative estimate of drug-likeness (QED) is 0.389. The molecule has 0 saturated carbocycles.